The molecule has 1 saturated heterocycles. The predicted octanol–water partition coefficient (Wildman–Crippen LogP) is 3.30. The number of rotatable bonds is 3. The summed E-state index contributed by atoms with van der Waals surface area (Å²) in [7, 11) is 0. The van der Waals surface area contributed by atoms with E-state index in [1.807, 2.05) is 39.9 Å². The molecule has 4 aromatic rings. The smallest absolute Gasteiger partial charge is 0.228 e. The number of aromatic amines is 1. The molecule has 7 heteroatoms. The van der Waals surface area contributed by atoms with Crippen LogP contribution in [0.4, 0.5) is 4.39 Å². The molecule has 0 atom stereocenters. The number of H-pyrrole nitrogens is 1. The van der Waals surface area contributed by atoms with Crippen LogP contribution >= 0.6 is 0 Å². The van der Waals surface area contributed by atoms with Gasteiger partial charge in [-0.25, -0.2) is 14.4 Å². The number of carbonyl (C=O) groups is 1. The SMILES string of the molecule is O=C(Cc1cn2ccccc2n1)N1CCC(c2nc3ccc(F)cc3[nH]2)CC1. The Morgan fingerprint density at radius 2 is 2.04 bits per heavy atom. The number of fused-ring (bicyclic) bond motifs is 2. The van der Waals surface area contributed by atoms with E-state index >= 15 is 0 Å². The predicted molar refractivity (Wildman–Crippen MR) is 104 cm³/mol. The average Bonchev–Trinajstić information content (AvgIpc) is 3.31. The van der Waals surface area contributed by atoms with Crippen LogP contribution in [0.3, 0.4) is 0 Å². The molecule has 1 aliphatic rings. The molecule has 0 spiro atoms. The highest BCUT2D eigenvalue weighted by atomic mass is 19.1. The van der Waals surface area contributed by atoms with E-state index in [1.54, 1.807) is 6.07 Å². The molecule has 142 valence electrons. The van der Waals surface area contributed by atoms with E-state index in [1.165, 1.54) is 12.1 Å². The second kappa shape index (κ2) is 6.74. The van der Waals surface area contributed by atoms with Gasteiger partial charge < -0.3 is 14.3 Å². The van der Waals surface area contributed by atoms with E-state index in [-0.39, 0.29) is 17.6 Å². The van der Waals surface area contributed by atoms with E-state index in [2.05, 4.69) is 15.0 Å². The molecule has 3 aromatic heterocycles. The van der Waals surface area contributed by atoms with E-state index in [0.717, 1.165) is 41.0 Å². The van der Waals surface area contributed by atoms with Crippen molar-refractivity contribution in [2.24, 2.45) is 0 Å². The summed E-state index contributed by atoms with van der Waals surface area (Å²) in [5, 5.41) is 0. The zero-order chi connectivity index (χ0) is 19.1. The molecule has 1 aromatic carbocycles. The molecule has 1 aliphatic heterocycles. The van der Waals surface area contributed by atoms with Gasteiger partial charge in [0, 0.05) is 31.4 Å². The lowest BCUT2D eigenvalue weighted by Crippen LogP contribution is -2.39. The van der Waals surface area contributed by atoms with Crippen LogP contribution < -0.4 is 0 Å². The summed E-state index contributed by atoms with van der Waals surface area (Å²) in [6.45, 7) is 1.39. The molecule has 0 saturated carbocycles. The highest BCUT2D eigenvalue weighted by molar-refractivity contribution is 5.78. The van der Waals surface area contributed by atoms with Crippen LogP contribution in [0.25, 0.3) is 16.7 Å². The minimum absolute atomic E-state index is 0.105. The van der Waals surface area contributed by atoms with Crippen LogP contribution in [-0.2, 0) is 11.2 Å². The number of likely N-dealkylation sites (tertiary alicyclic amines) is 1. The lowest BCUT2D eigenvalue weighted by molar-refractivity contribution is -0.131. The van der Waals surface area contributed by atoms with E-state index < -0.39 is 0 Å². The number of aromatic nitrogens is 4. The van der Waals surface area contributed by atoms with Crippen LogP contribution in [0.5, 0.6) is 0 Å². The molecule has 0 radical (unpaired) electrons. The van der Waals surface area contributed by atoms with Gasteiger partial charge in [0.2, 0.25) is 5.91 Å². The Labute approximate surface area is 161 Å². The molecular weight excluding hydrogens is 357 g/mol. The molecule has 28 heavy (non-hydrogen) atoms. The zero-order valence-corrected chi connectivity index (χ0v) is 15.3. The van der Waals surface area contributed by atoms with E-state index in [9.17, 15) is 9.18 Å². The molecule has 1 amide bonds. The Hall–Kier alpha value is -3.22. The summed E-state index contributed by atoms with van der Waals surface area (Å²) in [6.07, 6.45) is 5.85. The number of pyridine rings is 1. The van der Waals surface area contributed by atoms with Crippen molar-refractivity contribution in [2.75, 3.05) is 13.1 Å². The van der Waals surface area contributed by atoms with Crippen LogP contribution in [0.2, 0.25) is 0 Å². The maximum Gasteiger partial charge on any atom is 0.228 e. The Bertz CT molecular complexity index is 1120. The number of piperidine rings is 1. The second-order valence-electron chi connectivity index (χ2n) is 7.31. The van der Waals surface area contributed by atoms with Crippen molar-refractivity contribution >= 4 is 22.6 Å². The highest BCUT2D eigenvalue weighted by Crippen LogP contribution is 2.28. The van der Waals surface area contributed by atoms with Crippen LogP contribution in [0.1, 0.15) is 30.3 Å². The first kappa shape index (κ1) is 16.9. The Morgan fingerprint density at radius 3 is 2.86 bits per heavy atom. The van der Waals surface area contributed by atoms with Gasteiger partial charge in [-0.1, -0.05) is 6.07 Å². The summed E-state index contributed by atoms with van der Waals surface area (Å²) in [5.74, 6) is 0.978. The number of imidazole rings is 2. The minimum atomic E-state index is -0.268. The number of halogens is 1. The Kier molecular flexibility index (Phi) is 4.07. The third-order valence-electron chi connectivity index (χ3n) is 5.44. The van der Waals surface area contributed by atoms with Crippen LogP contribution in [0.15, 0.2) is 48.8 Å². The summed E-state index contributed by atoms with van der Waals surface area (Å²) < 4.78 is 15.3. The van der Waals surface area contributed by atoms with E-state index in [4.69, 9.17) is 0 Å². The summed E-state index contributed by atoms with van der Waals surface area (Å²) in [6, 6.07) is 10.4. The largest absolute Gasteiger partial charge is 0.342 e. The number of hydrogen-bond acceptors (Lipinski definition) is 3. The topological polar surface area (TPSA) is 66.3 Å². The molecular formula is C21H20FN5O. The number of amides is 1. The third kappa shape index (κ3) is 3.13. The molecule has 0 unspecified atom stereocenters. The van der Waals surface area contributed by atoms with Gasteiger partial charge in [-0.3, -0.25) is 4.79 Å². The summed E-state index contributed by atoms with van der Waals surface area (Å²) in [4.78, 5) is 26.9. The third-order valence-corrected chi connectivity index (χ3v) is 5.44. The average molecular weight is 377 g/mol. The molecule has 1 fully saturated rings. The van der Waals surface area contributed by atoms with Crippen molar-refractivity contribution in [3.8, 4) is 0 Å². The maximum absolute atomic E-state index is 13.4. The first-order valence-electron chi connectivity index (χ1n) is 9.51. The van der Waals surface area contributed by atoms with Crippen molar-refractivity contribution in [1.29, 1.82) is 0 Å². The van der Waals surface area contributed by atoms with Crippen molar-refractivity contribution in [2.45, 2.75) is 25.2 Å². The van der Waals surface area contributed by atoms with Gasteiger partial charge in [-0.05, 0) is 43.2 Å². The van der Waals surface area contributed by atoms with Gasteiger partial charge in [0.05, 0.1) is 23.1 Å². The van der Waals surface area contributed by atoms with Gasteiger partial charge in [0.15, 0.2) is 0 Å². The van der Waals surface area contributed by atoms with Crippen molar-refractivity contribution in [1.82, 2.24) is 24.3 Å². The maximum atomic E-state index is 13.4. The Morgan fingerprint density at radius 1 is 1.18 bits per heavy atom. The fraction of sp³-hybridized carbons (Fsp3) is 0.286. The number of nitrogens with one attached hydrogen (secondary N) is 1. The minimum Gasteiger partial charge on any atom is -0.342 e. The van der Waals surface area contributed by atoms with Crippen molar-refractivity contribution in [3.05, 3.63) is 66.1 Å². The Balaban J connectivity index is 1.23. The van der Waals surface area contributed by atoms with Crippen LogP contribution in [-0.4, -0.2) is 43.2 Å². The number of benzene rings is 1. The van der Waals surface area contributed by atoms with Crippen LogP contribution in [0, 0.1) is 5.82 Å². The van der Waals surface area contributed by atoms with Crippen molar-refractivity contribution < 1.29 is 9.18 Å². The normalized spacial score (nSPS) is 15.5. The summed E-state index contributed by atoms with van der Waals surface area (Å²) >= 11 is 0. The fourth-order valence-corrected chi connectivity index (χ4v) is 3.94. The molecule has 1 N–H and O–H groups in total. The fourth-order valence-electron chi connectivity index (χ4n) is 3.94. The van der Waals surface area contributed by atoms with Gasteiger partial charge in [0.1, 0.15) is 17.3 Å². The number of carbonyl (C=O) groups excluding carboxylic acids is 1. The van der Waals surface area contributed by atoms with Gasteiger partial charge in [-0.15, -0.1) is 0 Å². The number of hydrogen-bond donors (Lipinski definition) is 1. The first-order valence-corrected chi connectivity index (χ1v) is 9.51. The van der Waals surface area contributed by atoms with Gasteiger partial charge in [0.25, 0.3) is 0 Å². The molecule has 0 bridgehead atoms. The molecule has 5 rings (SSSR count). The molecule has 0 aliphatic carbocycles. The first-order chi connectivity index (χ1) is 13.7. The monoisotopic (exact) mass is 377 g/mol. The second-order valence-corrected chi connectivity index (χ2v) is 7.31. The standard InChI is InChI=1S/C21H20FN5O/c22-15-4-5-17-18(11-15)25-21(24-17)14-6-9-26(10-7-14)20(28)12-16-13-27-8-2-1-3-19(27)23-16/h1-5,8,11,13-14H,6-7,9-10,12H2,(H,24,25). The van der Waals surface area contributed by atoms with E-state index in [0.29, 0.717) is 19.5 Å². The quantitative estimate of drug-likeness (QED) is 0.596. The summed E-state index contributed by atoms with van der Waals surface area (Å²) in [5.41, 5.74) is 3.14. The molecule has 6 nitrogen and oxygen atoms in total. The zero-order valence-electron chi connectivity index (χ0n) is 15.3. The lowest BCUT2D eigenvalue weighted by atomic mass is 9.96. The van der Waals surface area contributed by atoms with Gasteiger partial charge >= 0.3 is 0 Å². The van der Waals surface area contributed by atoms with Crippen molar-refractivity contribution in [3.63, 3.8) is 0 Å². The highest BCUT2D eigenvalue weighted by Gasteiger charge is 2.26. The number of nitrogens with zero attached hydrogens (tertiary/aromatic N) is 4. The lowest BCUT2D eigenvalue weighted by Gasteiger charge is -2.31. The molecule has 4 heterocycles. The van der Waals surface area contributed by atoms with Gasteiger partial charge in [-0.2, -0.15) is 0 Å².